The van der Waals surface area contributed by atoms with Gasteiger partial charge in [0.2, 0.25) is 11.8 Å². The van der Waals surface area contributed by atoms with Gasteiger partial charge >= 0.3 is 6.18 Å². The summed E-state index contributed by atoms with van der Waals surface area (Å²) in [6.07, 6.45) is -4.64. The number of benzene rings is 1. The zero-order valence-electron chi connectivity index (χ0n) is 18.6. The summed E-state index contributed by atoms with van der Waals surface area (Å²) >= 11 is 6.13. The number of nitriles is 1. The third kappa shape index (κ3) is 5.21. The van der Waals surface area contributed by atoms with Crippen LogP contribution >= 0.6 is 11.6 Å². The van der Waals surface area contributed by atoms with Crippen LogP contribution in [-0.2, 0) is 19.4 Å². The number of hydrogen-bond acceptors (Lipinski definition) is 6. The van der Waals surface area contributed by atoms with Crippen LogP contribution in [0.1, 0.15) is 39.0 Å². The molecule has 3 fully saturated rings. The molecule has 0 radical (unpaired) electrons. The minimum absolute atomic E-state index is 0.187. The number of amides is 2. The Morgan fingerprint density at radius 2 is 1.97 bits per heavy atom. The Labute approximate surface area is 205 Å². The molecule has 1 saturated heterocycles. The van der Waals surface area contributed by atoms with Gasteiger partial charge in [-0.3, -0.25) is 9.59 Å². The van der Waals surface area contributed by atoms with Gasteiger partial charge in [0.05, 0.1) is 21.2 Å². The Balaban J connectivity index is 1.55. The van der Waals surface area contributed by atoms with Gasteiger partial charge in [-0.25, -0.2) is 8.42 Å². The van der Waals surface area contributed by atoms with Gasteiger partial charge in [0.1, 0.15) is 17.3 Å². The molecule has 0 bridgehead atoms. The summed E-state index contributed by atoms with van der Waals surface area (Å²) in [6, 6.07) is 4.12. The first-order chi connectivity index (χ1) is 16.3. The van der Waals surface area contributed by atoms with Crippen molar-refractivity contribution in [2.24, 2.45) is 5.92 Å². The summed E-state index contributed by atoms with van der Waals surface area (Å²) in [6.45, 7) is 0.584. The molecule has 35 heavy (non-hydrogen) atoms. The standard InChI is InChI=1S/C22H23ClF3N3O5S/c1-12(22(24,25)26)34-14-4-5-18(16(23)8-14)35(32,33)15-9-17(19(30)28-21(11-27)6-7-21)29(10-15)20(31)13-2-3-13/h4-5,8,12-13,15,17H,2-3,6-7,9-10H2,1H3,(H,28,30). The van der Waals surface area contributed by atoms with E-state index in [1.807, 2.05) is 6.07 Å². The molecule has 0 spiro atoms. The highest BCUT2D eigenvalue weighted by molar-refractivity contribution is 7.92. The van der Waals surface area contributed by atoms with Crippen molar-refractivity contribution in [3.05, 3.63) is 23.2 Å². The monoisotopic (exact) mass is 533 g/mol. The van der Waals surface area contributed by atoms with Crippen LogP contribution in [0.3, 0.4) is 0 Å². The minimum Gasteiger partial charge on any atom is -0.481 e. The highest BCUT2D eigenvalue weighted by Gasteiger charge is 2.52. The first kappa shape index (κ1) is 25.6. The summed E-state index contributed by atoms with van der Waals surface area (Å²) in [5.74, 6) is -1.39. The number of hydrogen-bond donors (Lipinski definition) is 1. The topological polar surface area (TPSA) is 117 Å². The van der Waals surface area contributed by atoms with E-state index in [4.69, 9.17) is 16.3 Å². The van der Waals surface area contributed by atoms with Crippen molar-refractivity contribution in [1.29, 1.82) is 5.26 Å². The fraction of sp³-hybridized carbons (Fsp3) is 0.591. The van der Waals surface area contributed by atoms with Crippen molar-refractivity contribution in [2.45, 2.75) is 73.0 Å². The van der Waals surface area contributed by atoms with Crippen molar-refractivity contribution in [1.82, 2.24) is 10.2 Å². The second-order valence-electron chi connectivity index (χ2n) is 9.26. The Hall–Kier alpha value is -2.52. The summed E-state index contributed by atoms with van der Waals surface area (Å²) in [7, 11) is -4.16. The summed E-state index contributed by atoms with van der Waals surface area (Å²) < 4.78 is 69.9. The highest BCUT2D eigenvalue weighted by atomic mass is 35.5. The summed E-state index contributed by atoms with van der Waals surface area (Å²) in [5.41, 5.74) is -0.977. The molecule has 0 aromatic heterocycles. The van der Waals surface area contributed by atoms with Crippen molar-refractivity contribution >= 4 is 33.3 Å². The number of nitrogens with zero attached hydrogens (tertiary/aromatic N) is 2. The van der Waals surface area contributed by atoms with Gasteiger partial charge in [-0.05, 0) is 51.2 Å². The number of nitrogens with one attached hydrogen (secondary N) is 1. The third-order valence-corrected chi connectivity index (χ3v) is 9.14. The van der Waals surface area contributed by atoms with E-state index in [2.05, 4.69) is 5.32 Å². The van der Waals surface area contributed by atoms with E-state index in [1.165, 1.54) is 4.90 Å². The quantitative estimate of drug-likeness (QED) is 0.576. The number of carbonyl (C=O) groups is 2. The average Bonchev–Trinajstić information content (AvgIpc) is 3.70. The third-order valence-electron chi connectivity index (χ3n) is 6.52. The van der Waals surface area contributed by atoms with Crippen LogP contribution in [-0.4, -0.2) is 60.8 Å². The van der Waals surface area contributed by atoms with Gasteiger partial charge in [0, 0.05) is 18.5 Å². The van der Waals surface area contributed by atoms with Crippen LogP contribution in [0.5, 0.6) is 5.75 Å². The predicted octanol–water partition coefficient (Wildman–Crippen LogP) is 3.00. The smallest absolute Gasteiger partial charge is 0.425 e. The van der Waals surface area contributed by atoms with E-state index in [9.17, 15) is 36.4 Å². The van der Waals surface area contributed by atoms with Gasteiger partial charge in [-0.2, -0.15) is 18.4 Å². The zero-order chi connectivity index (χ0) is 25.8. The molecule has 13 heteroatoms. The molecule has 2 saturated carbocycles. The predicted molar refractivity (Wildman–Crippen MR) is 117 cm³/mol. The number of likely N-dealkylation sites (tertiary alicyclic amines) is 1. The maximum atomic E-state index is 13.4. The van der Waals surface area contributed by atoms with Gasteiger partial charge in [-0.1, -0.05) is 11.6 Å². The number of halogens is 4. The maximum absolute atomic E-state index is 13.4. The SMILES string of the molecule is CC(Oc1ccc(S(=O)(=O)C2CC(C(=O)NC3(C#N)CC3)N(C(=O)C3CC3)C2)c(Cl)c1)C(F)(F)F. The first-order valence-corrected chi connectivity index (χ1v) is 13.0. The number of sulfone groups is 1. The van der Waals surface area contributed by atoms with Crippen LogP contribution in [0.2, 0.25) is 5.02 Å². The fourth-order valence-corrected chi connectivity index (χ4v) is 6.26. The zero-order valence-corrected chi connectivity index (χ0v) is 20.2. The van der Waals surface area contributed by atoms with Gasteiger partial charge in [-0.15, -0.1) is 0 Å². The Morgan fingerprint density at radius 3 is 2.49 bits per heavy atom. The fourth-order valence-electron chi connectivity index (χ4n) is 4.02. The van der Waals surface area contributed by atoms with Crippen LogP contribution in [0.25, 0.3) is 0 Å². The Kier molecular flexibility index (Phi) is 6.47. The van der Waals surface area contributed by atoms with Crippen molar-refractivity contribution in [3.63, 3.8) is 0 Å². The van der Waals surface area contributed by atoms with Crippen LogP contribution in [0.15, 0.2) is 23.1 Å². The Morgan fingerprint density at radius 1 is 1.31 bits per heavy atom. The molecule has 4 rings (SSSR count). The summed E-state index contributed by atoms with van der Waals surface area (Å²) in [4.78, 5) is 26.7. The lowest BCUT2D eigenvalue weighted by atomic mass is 10.1. The largest absolute Gasteiger partial charge is 0.481 e. The molecule has 1 aromatic rings. The molecule has 2 aliphatic carbocycles. The molecular formula is C22H23ClF3N3O5S. The van der Waals surface area contributed by atoms with E-state index in [1.54, 1.807) is 0 Å². The molecule has 1 aliphatic heterocycles. The van der Waals surface area contributed by atoms with E-state index < -0.39 is 44.9 Å². The van der Waals surface area contributed by atoms with Gasteiger partial charge < -0.3 is 15.0 Å². The average molecular weight is 534 g/mol. The molecule has 8 nitrogen and oxygen atoms in total. The van der Waals surface area contributed by atoms with Gasteiger partial charge in [0.25, 0.3) is 0 Å². The number of alkyl halides is 3. The van der Waals surface area contributed by atoms with Gasteiger partial charge in [0.15, 0.2) is 15.9 Å². The number of carbonyl (C=O) groups excluding carboxylic acids is 2. The summed E-state index contributed by atoms with van der Waals surface area (Å²) in [5, 5.41) is 10.4. The lowest BCUT2D eigenvalue weighted by Gasteiger charge is -2.24. The highest BCUT2D eigenvalue weighted by Crippen LogP contribution is 2.39. The van der Waals surface area contributed by atoms with Crippen LogP contribution < -0.4 is 10.1 Å². The van der Waals surface area contributed by atoms with E-state index in [0.29, 0.717) is 25.7 Å². The maximum Gasteiger partial charge on any atom is 0.425 e. The van der Waals surface area contributed by atoms with E-state index >= 15 is 0 Å². The van der Waals surface area contributed by atoms with E-state index in [-0.39, 0.29) is 40.5 Å². The lowest BCUT2D eigenvalue weighted by Crippen LogP contribution is -2.49. The molecule has 1 heterocycles. The van der Waals surface area contributed by atoms with E-state index in [0.717, 1.165) is 25.1 Å². The van der Waals surface area contributed by atoms with Crippen LogP contribution in [0, 0.1) is 17.2 Å². The molecule has 3 atom stereocenters. The van der Waals surface area contributed by atoms with Crippen molar-refractivity contribution in [3.8, 4) is 11.8 Å². The lowest BCUT2D eigenvalue weighted by molar-refractivity contribution is -0.189. The Bertz CT molecular complexity index is 1190. The normalized spacial score (nSPS) is 24.4. The number of rotatable bonds is 7. The minimum atomic E-state index is -4.61. The molecule has 1 aromatic carbocycles. The molecule has 190 valence electrons. The second-order valence-corrected chi connectivity index (χ2v) is 11.9. The molecule has 3 unspecified atom stereocenters. The van der Waals surface area contributed by atoms with Crippen LogP contribution in [0.4, 0.5) is 13.2 Å². The number of ether oxygens (including phenoxy) is 1. The van der Waals surface area contributed by atoms with Crippen molar-refractivity contribution < 1.29 is 35.9 Å². The molecule has 3 aliphatic rings. The molecule has 1 N–H and O–H groups in total. The van der Waals surface area contributed by atoms with Crippen molar-refractivity contribution in [2.75, 3.05) is 6.54 Å². The second kappa shape index (κ2) is 8.85. The molecular weight excluding hydrogens is 511 g/mol. The molecule has 2 amide bonds. The first-order valence-electron chi connectivity index (χ1n) is 11.1.